The van der Waals surface area contributed by atoms with E-state index >= 15 is 0 Å². The van der Waals surface area contributed by atoms with Gasteiger partial charge in [-0.2, -0.15) is 13.2 Å². The zero-order chi connectivity index (χ0) is 16.6. The second kappa shape index (κ2) is 5.64. The van der Waals surface area contributed by atoms with Crippen molar-refractivity contribution >= 4 is 17.7 Å². The third-order valence-electron chi connectivity index (χ3n) is 3.98. The highest BCUT2D eigenvalue weighted by atomic mass is 19.4. The lowest BCUT2D eigenvalue weighted by molar-refractivity contribution is -0.137. The Morgan fingerprint density at radius 1 is 1.22 bits per heavy atom. The first-order valence-electron chi connectivity index (χ1n) is 7.12. The molecule has 0 aromatic heterocycles. The molecule has 0 spiro atoms. The zero-order valence-corrected chi connectivity index (χ0v) is 12.1. The van der Waals surface area contributed by atoms with Crippen LogP contribution in [0, 0.1) is 0 Å². The molecular weight excluding hydrogens is 313 g/mol. The van der Waals surface area contributed by atoms with Gasteiger partial charge in [0.1, 0.15) is 0 Å². The molecule has 2 aliphatic heterocycles. The lowest BCUT2D eigenvalue weighted by atomic mass is 10.2. The van der Waals surface area contributed by atoms with Crippen molar-refractivity contribution in [2.75, 3.05) is 31.5 Å². The summed E-state index contributed by atoms with van der Waals surface area (Å²) in [5, 5.41) is 5.29. The first kappa shape index (κ1) is 15.4. The number of urea groups is 2. The van der Waals surface area contributed by atoms with Crippen LogP contribution in [0.5, 0.6) is 0 Å². The molecule has 2 fully saturated rings. The molecule has 4 amide bonds. The summed E-state index contributed by atoms with van der Waals surface area (Å²) in [6, 6.07) is 3.71. The van der Waals surface area contributed by atoms with E-state index in [0.717, 1.165) is 12.1 Å². The van der Waals surface area contributed by atoms with Gasteiger partial charge in [-0.05, 0) is 24.3 Å². The zero-order valence-electron chi connectivity index (χ0n) is 12.1. The molecule has 2 aliphatic rings. The van der Waals surface area contributed by atoms with Gasteiger partial charge in [0.2, 0.25) is 0 Å². The number of hydrogen-bond acceptors (Lipinski definition) is 2. The normalized spacial score (nSPS) is 21.0. The van der Waals surface area contributed by atoms with Crippen molar-refractivity contribution in [2.45, 2.75) is 12.2 Å². The third-order valence-corrected chi connectivity index (χ3v) is 3.98. The van der Waals surface area contributed by atoms with Crippen LogP contribution in [0.3, 0.4) is 0 Å². The van der Waals surface area contributed by atoms with Crippen LogP contribution >= 0.6 is 0 Å². The summed E-state index contributed by atoms with van der Waals surface area (Å²) >= 11 is 0. The quantitative estimate of drug-likeness (QED) is 0.827. The van der Waals surface area contributed by atoms with E-state index in [1.807, 2.05) is 0 Å². The largest absolute Gasteiger partial charge is 0.416 e. The number of alkyl halides is 3. The summed E-state index contributed by atoms with van der Waals surface area (Å²) in [4.78, 5) is 26.9. The molecule has 2 N–H and O–H groups in total. The van der Waals surface area contributed by atoms with Crippen LogP contribution in [0.4, 0.5) is 28.4 Å². The number of nitrogens with one attached hydrogen (secondary N) is 2. The number of fused-ring (bicyclic) bond motifs is 1. The summed E-state index contributed by atoms with van der Waals surface area (Å²) in [5.41, 5.74) is -0.467. The molecule has 0 bridgehead atoms. The van der Waals surface area contributed by atoms with Gasteiger partial charge in [0.05, 0.1) is 11.6 Å². The number of anilines is 1. The second-order valence-electron chi connectivity index (χ2n) is 5.48. The van der Waals surface area contributed by atoms with Crippen LogP contribution in [-0.2, 0) is 6.18 Å². The molecule has 2 saturated heterocycles. The van der Waals surface area contributed by atoms with E-state index in [2.05, 4.69) is 10.6 Å². The molecule has 1 atom stereocenters. The minimum atomic E-state index is -4.40. The van der Waals surface area contributed by atoms with Gasteiger partial charge in [-0.25, -0.2) is 9.59 Å². The molecule has 6 nitrogen and oxygen atoms in total. The fourth-order valence-electron chi connectivity index (χ4n) is 2.73. The number of halogens is 3. The average molecular weight is 328 g/mol. The first-order valence-corrected chi connectivity index (χ1v) is 7.12. The van der Waals surface area contributed by atoms with Gasteiger partial charge in [0, 0.05) is 31.9 Å². The molecule has 3 rings (SSSR count). The number of benzene rings is 1. The molecule has 1 aromatic rings. The van der Waals surface area contributed by atoms with Crippen molar-refractivity contribution in [1.82, 2.24) is 15.1 Å². The molecular formula is C14H15F3N4O2. The Hall–Kier alpha value is -2.45. The van der Waals surface area contributed by atoms with Gasteiger partial charge >= 0.3 is 18.2 Å². The molecule has 124 valence electrons. The van der Waals surface area contributed by atoms with E-state index < -0.39 is 11.7 Å². The molecule has 0 saturated carbocycles. The maximum absolute atomic E-state index is 12.5. The predicted molar refractivity (Wildman–Crippen MR) is 75.9 cm³/mol. The second-order valence-corrected chi connectivity index (χ2v) is 5.48. The van der Waals surface area contributed by atoms with Crippen molar-refractivity contribution in [3.8, 4) is 0 Å². The smallest absolute Gasteiger partial charge is 0.336 e. The maximum atomic E-state index is 12.5. The Morgan fingerprint density at radius 2 is 1.91 bits per heavy atom. The van der Waals surface area contributed by atoms with Crippen LogP contribution in [0.2, 0.25) is 0 Å². The number of hydrogen-bond donors (Lipinski definition) is 2. The first-order chi connectivity index (χ1) is 10.8. The fraction of sp³-hybridized carbons (Fsp3) is 0.429. The minimum absolute atomic E-state index is 0.0606. The molecule has 0 radical (unpaired) electrons. The Kier molecular flexibility index (Phi) is 3.78. The topological polar surface area (TPSA) is 64.7 Å². The Morgan fingerprint density at radius 3 is 2.57 bits per heavy atom. The number of carbonyl (C=O) groups is 2. The Bertz CT molecular complexity index is 617. The van der Waals surface area contributed by atoms with Gasteiger partial charge in [0.25, 0.3) is 0 Å². The molecule has 0 aliphatic carbocycles. The highest BCUT2D eigenvalue weighted by molar-refractivity contribution is 5.89. The van der Waals surface area contributed by atoms with Gasteiger partial charge in [-0.1, -0.05) is 0 Å². The van der Waals surface area contributed by atoms with E-state index in [-0.39, 0.29) is 18.1 Å². The molecule has 1 unspecified atom stereocenters. The van der Waals surface area contributed by atoms with Crippen molar-refractivity contribution in [1.29, 1.82) is 0 Å². The standard InChI is InChI=1S/C14H15F3N4O2/c15-14(16,17)9-1-3-10(4-2-9)19-13(23)20-5-6-21-11(8-20)7-18-12(21)22/h1-4,11H,5-8H2,(H,18,22)(H,19,23). The summed E-state index contributed by atoms with van der Waals surface area (Å²) in [6.07, 6.45) is -4.40. The maximum Gasteiger partial charge on any atom is 0.416 e. The van der Waals surface area contributed by atoms with Gasteiger partial charge in [-0.3, -0.25) is 0 Å². The highest BCUT2D eigenvalue weighted by Crippen LogP contribution is 2.29. The summed E-state index contributed by atoms with van der Waals surface area (Å²) in [6.45, 7) is 1.71. The van der Waals surface area contributed by atoms with E-state index in [0.29, 0.717) is 31.9 Å². The lowest BCUT2D eigenvalue weighted by Gasteiger charge is -2.36. The summed E-state index contributed by atoms with van der Waals surface area (Å²) < 4.78 is 37.5. The van der Waals surface area contributed by atoms with Crippen molar-refractivity contribution in [3.63, 3.8) is 0 Å². The van der Waals surface area contributed by atoms with Crippen LogP contribution in [0.1, 0.15) is 5.56 Å². The lowest BCUT2D eigenvalue weighted by Crippen LogP contribution is -2.54. The van der Waals surface area contributed by atoms with E-state index in [1.54, 1.807) is 9.80 Å². The minimum Gasteiger partial charge on any atom is -0.336 e. The number of piperazine rings is 1. The van der Waals surface area contributed by atoms with Crippen molar-refractivity contribution in [2.24, 2.45) is 0 Å². The van der Waals surface area contributed by atoms with E-state index in [4.69, 9.17) is 0 Å². The summed E-state index contributed by atoms with van der Waals surface area (Å²) in [5.74, 6) is 0. The van der Waals surface area contributed by atoms with E-state index in [1.165, 1.54) is 12.1 Å². The number of rotatable bonds is 1. The average Bonchev–Trinajstić information content (AvgIpc) is 2.88. The number of amides is 4. The van der Waals surface area contributed by atoms with Crippen LogP contribution in [-0.4, -0.2) is 54.1 Å². The molecule has 23 heavy (non-hydrogen) atoms. The fourth-order valence-corrected chi connectivity index (χ4v) is 2.73. The Balaban J connectivity index is 1.60. The van der Waals surface area contributed by atoms with Gasteiger partial charge < -0.3 is 20.4 Å². The van der Waals surface area contributed by atoms with E-state index in [9.17, 15) is 22.8 Å². The van der Waals surface area contributed by atoms with Gasteiger partial charge in [0.15, 0.2) is 0 Å². The number of carbonyl (C=O) groups excluding carboxylic acids is 2. The molecule has 9 heteroatoms. The summed E-state index contributed by atoms with van der Waals surface area (Å²) in [7, 11) is 0. The van der Waals surface area contributed by atoms with Crippen molar-refractivity contribution in [3.05, 3.63) is 29.8 Å². The third kappa shape index (κ3) is 3.17. The Labute approximate surface area is 130 Å². The van der Waals surface area contributed by atoms with Crippen molar-refractivity contribution < 1.29 is 22.8 Å². The predicted octanol–water partition coefficient (Wildman–Crippen LogP) is 1.95. The highest BCUT2D eigenvalue weighted by Gasteiger charge is 2.37. The van der Waals surface area contributed by atoms with Crippen LogP contribution < -0.4 is 10.6 Å². The molecule has 1 aromatic carbocycles. The number of nitrogens with zero attached hydrogens (tertiary/aromatic N) is 2. The SMILES string of the molecule is O=C(Nc1ccc(C(F)(F)F)cc1)N1CCN2C(=O)NCC2C1. The molecule has 2 heterocycles. The van der Waals surface area contributed by atoms with Crippen LogP contribution in [0.15, 0.2) is 24.3 Å². The van der Waals surface area contributed by atoms with Gasteiger partial charge in [-0.15, -0.1) is 0 Å². The van der Waals surface area contributed by atoms with Crippen LogP contribution in [0.25, 0.3) is 0 Å². The monoisotopic (exact) mass is 328 g/mol.